The van der Waals surface area contributed by atoms with Crippen LogP contribution in [0.3, 0.4) is 0 Å². The van der Waals surface area contributed by atoms with Gasteiger partial charge in [0, 0.05) is 6.20 Å². The van der Waals surface area contributed by atoms with Gasteiger partial charge in [0.25, 0.3) is 0 Å². The van der Waals surface area contributed by atoms with Crippen LogP contribution in [0.15, 0.2) is 42.7 Å². The highest BCUT2D eigenvalue weighted by atomic mass is 16.1. The second kappa shape index (κ2) is 4.74. The monoisotopic (exact) mass is 241 g/mol. The fourth-order valence-corrected chi connectivity index (χ4v) is 2.28. The first kappa shape index (κ1) is 11.2. The summed E-state index contributed by atoms with van der Waals surface area (Å²) in [5.74, 6) is 0.148. The minimum Gasteiger partial charge on any atom is -0.307 e. The Kier molecular flexibility index (Phi) is 2.94. The van der Waals surface area contributed by atoms with Crippen LogP contribution < -0.4 is 5.32 Å². The number of para-hydroxylation sites is 1. The number of benzene rings is 1. The standard InChI is InChI=1S/C14H15N3O/c18-14(13-7-4-8-15-13)11-9-16-17(10-11)12-5-2-1-3-6-12/h1-3,5-6,9-10,13,15H,4,7-8H2. The summed E-state index contributed by atoms with van der Waals surface area (Å²) in [5, 5.41) is 7.46. The van der Waals surface area contributed by atoms with Gasteiger partial charge in [-0.15, -0.1) is 0 Å². The van der Waals surface area contributed by atoms with Gasteiger partial charge in [0.2, 0.25) is 0 Å². The maximum absolute atomic E-state index is 12.2. The molecule has 1 N–H and O–H groups in total. The number of nitrogens with zero attached hydrogens (tertiary/aromatic N) is 2. The molecule has 1 aromatic carbocycles. The van der Waals surface area contributed by atoms with Gasteiger partial charge in [0.05, 0.1) is 23.5 Å². The zero-order valence-electron chi connectivity index (χ0n) is 10.0. The Bertz CT molecular complexity index is 541. The zero-order chi connectivity index (χ0) is 12.4. The van der Waals surface area contributed by atoms with Crippen molar-refractivity contribution in [3.8, 4) is 5.69 Å². The van der Waals surface area contributed by atoms with E-state index in [0.29, 0.717) is 5.56 Å². The predicted molar refractivity (Wildman–Crippen MR) is 68.9 cm³/mol. The van der Waals surface area contributed by atoms with Crippen molar-refractivity contribution in [1.29, 1.82) is 0 Å². The van der Waals surface area contributed by atoms with Gasteiger partial charge < -0.3 is 5.32 Å². The number of hydrogen-bond donors (Lipinski definition) is 1. The summed E-state index contributed by atoms with van der Waals surface area (Å²) in [6.07, 6.45) is 5.45. The van der Waals surface area contributed by atoms with Crippen LogP contribution in [0.2, 0.25) is 0 Å². The van der Waals surface area contributed by atoms with Gasteiger partial charge in [0.1, 0.15) is 0 Å². The molecule has 0 radical (unpaired) electrons. The first-order chi connectivity index (χ1) is 8.84. The average Bonchev–Trinajstić information content (AvgIpc) is 3.10. The molecule has 0 spiro atoms. The van der Waals surface area contributed by atoms with Crippen LogP contribution in [0.4, 0.5) is 0 Å². The van der Waals surface area contributed by atoms with Gasteiger partial charge in [-0.2, -0.15) is 5.10 Å². The van der Waals surface area contributed by atoms with Crippen molar-refractivity contribution in [3.63, 3.8) is 0 Å². The maximum Gasteiger partial charge on any atom is 0.182 e. The molecule has 0 bridgehead atoms. The maximum atomic E-state index is 12.2. The van der Waals surface area contributed by atoms with Gasteiger partial charge in [-0.3, -0.25) is 4.79 Å². The quantitative estimate of drug-likeness (QED) is 0.834. The van der Waals surface area contributed by atoms with Crippen molar-refractivity contribution in [2.75, 3.05) is 6.54 Å². The van der Waals surface area contributed by atoms with E-state index >= 15 is 0 Å². The lowest BCUT2D eigenvalue weighted by Gasteiger charge is -2.06. The Hall–Kier alpha value is -1.94. The molecule has 18 heavy (non-hydrogen) atoms. The topological polar surface area (TPSA) is 46.9 Å². The van der Waals surface area contributed by atoms with Crippen LogP contribution in [-0.2, 0) is 0 Å². The van der Waals surface area contributed by atoms with Crippen molar-refractivity contribution in [3.05, 3.63) is 48.3 Å². The summed E-state index contributed by atoms with van der Waals surface area (Å²) in [6, 6.07) is 9.78. The molecular formula is C14H15N3O. The van der Waals surface area contributed by atoms with Crippen LogP contribution in [0.1, 0.15) is 23.2 Å². The summed E-state index contributed by atoms with van der Waals surface area (Å²) in [6.45, 7) is 0.934. The van der Waals surface area contributed by atoms with Crippen molar-refractivity contribution in [1.82, 2.24) is 15.1 Å². The van der Waals surface area contributed by atoms with Crippen LogP contribution >= 0.6 is 0 Å². The predicted octanol–water partition coefficient (Wildman–Crippen LogP) is 1.81. The third-order valence-corrected chi connectivity index (χ3v) is 3.26. The highest BCUT2D eigenvalue weighted by molar-refractivity contribution is 5.99. The Morgan fingerprint density at radius 1 is 1.33 bits per heavy atom. The third-order valence-electron chi connectivity index (χ3n) is 3.26. The van der Waals surface area contributed by atoms with E-state index in [2.05, 4.69) is 10.4 Å². The lowest BCUT2D eigenvalue weighted by atomic mass is 10.1. The van der Waals surface area contributed by atoms with Crippen molar-refractivity contribution >= 4 is 5.78 Å². The molecule has 0 amide bonds. The van der Waals surface area contributed by atoms with Gasteiger partial charge in [-0.1, -0.05) is 18.2 Å². The molecular weight excluding hydrogens is 226 g/mol. The van der Waals surface area contributed by atoms with Crippen LogP contribution in [-0.4, -0.2) is 28.2 Å². The Labute approximate surface area is 106 Å². The molecule has 1 aliphatic heterocycles. The highest BCUT2D eigenvalue weighted by Gasteiger charge is 2.24. The number of rotatable bonds is 3. The number of Topliss-reactive ketones (excluding diaryl/α,β-unsaturated/α-hetero) is 1. The van der Waals surface area contributed by atoms with Gasteiger partial charge in [0.15, 0.2) is 5.78 Å². The summed E-state index contributed by atoms with van der Waals surface area (Å²) < 4.78 is 1.74. The minimum atomic E-state index is -0.0292. The molecule has 2 aromatic rings. The molecule has 2 heterocycles. The van der Waals surface area contributed by atoms with E-state index in [1.807, 2.05) is 30.3 Å². The van der Waals surface area contributed by atoms with E-state index in [4.69, 9.17) is 0 Å². The number of carbonyl (C=O) groups excluding carboxylic acids is 1. The summed E-state index contributed by atoms with van der Waals surface area (Å²) in [4.78, 5) is 12.2. The lowest BCUT2D eigenvalue weighted by Crippen LogP contribution is -2.30. The average molecular weight is 241 g/mol. The van der Waals surface area contributed by atoms with Crippen LogP contribution in [0, 0.1) is 0 Å². The zero-order valence-corrected chi connectivity index (χ0v) is 10.0. The van der Waals surface area contributed by atoms with E-state index in [-0.39, 0.29) is 11.8 Å². The molecule has 0 saturated carbocycles. The van der Waals surface area contributed by atoms with Crippen molar-refractivity contribution in [2.24, 2.45) is 0 Å². The second-order valence-electron chi connectivity index (χ2n) is 4.52. The molecule has 1 fully saturated rings. The normalized spacial score (nSPS) is 19.0. The van der Waals surface area contributed by atoms with Crippen molar-refractivity contribution < 1.29 is 4.79 Å². The minimum absolute atomic E-state index is 0.0292. The number of aromatic nitrogens is 2. The highest BCUT2D eigenvalue weighted by Crippen LogP contribution is 2.13. The van der Waals surface area contributed by atoms with E-state index < -0.39 is 0 Å². The molecule has 3 rings (SSSR count). The molecule has 1 atom stereocenters. The SMILES string of the molecule is O=C(c1cnn(-c2ccccc2)c1)C1CCCN1. The van der Waals surface area contributed by atoms with Gasteiger partial charge in [-0.05, 0) is 31.5 Å². The van der Waals surface area contributed by atoms with Crippen LogP contribution in [0.25, 0.3) is 5.69 Å². The summed E-state index contributed by atoms with van der Waals surface area (Å²) in [5.41, 5.74) is 1.65. The first-order valence-corrected chi connectivity index (χ1v) is 6.22. The molecule has 1 aromatic heterocycles. The fourth-order valence-electron chi connectivity index (χ4n) is 2.28. The Morgan fingerprint density at radius 3 is 2.89 bits per heavy atom. The molecule has 4 heteroatoms. The molecule has 0 aliphatic carbocycles. The van der Waals surface area contributed by atoms with Gasteiger partial charge >= 0.3 is 0 Å². The number of nitrogens with one attached hydrogen (secondary N) is 1. The van der Waals surface area contributed by atoms with Crippen LogP contribution in [0.5, 0.6) is 0 Å². The third kappa shape index (κ3) is 2.07. The molecule has 1 saturated heterocycles. The Balaban J connectivity index is 1.83. The van der Waals surface area contributed by atoms with Crippen molar-refractivity contribution in [2.45, 2.75) is 18.9 Å². The molecule has 1 aliphatic rings. The lowest BCUT2D eigenvalue weighted by molar-refractivity contribution is 0.0952. The first-order valence-electron chi connectivity index (χ1n) is 6.22. The largest absolute Gasteiger partial charge is 0.307 e. The molecule has 92 valence electrons. The second-order valence-corrected chi connectivity index (χ2v) is 4.52. The number of hydrogen-bond acceptors (Lipinski definition) is 3. The van der Waals surface area contributed by atoms with E-state index in [1.165, 1.54) is 0 Å². The summed E-state index contributed by atoms with van der Waals surface area (Å²) in [7, 11) is 0. The van der Waals surface area contributed by atoms with E-state index in [0.717, 1.165) is 25.1 Å². The van der Waals surface area contributed by atoms with E-state index in [9.17, 15) is 4.79 Å². The number of carbonyl (C=O) groups is 1. The summed E-state index contributed by atoms with van der Waals surface area (Å²) >= 11 is 0. The van der Waals surface area contributed by atoms with Gasteiger partial charge in [-0.25, -0.2) is 4.68 Å². The molecule has 1 unspecified atom stereocenters. The molecule has 4 nitrogen and oxygen atoms in total. The van der Waals surface area contributed by atoms with E-state index in [1.54, 1.807) is 17.1 Å². The fraction of sp³-hybridized carbons (Fsp3) is 0.286. The smallest absolute Gasteiger partial charge is 0.182 e. The number of ketones is 1. The Morgan fingerprint density at radius 2 is 2.17 bits per heavy atom.